The first kappa shape index (κ1) is 28.6. The van der Waals surface area contributed by atoms with Crippen molar-refractivity contribution in [3.05, 3.63) is 70.9 Å². The van der Waals surface area contributed by atoms with E-state index in [9.17, 15) is 13.2 Å². The van der Waals surface area contributed by atoms with E-state index in [1.165, 1.54) is 5.06 Å². The van der Waals surface area contributed by atoms with Gasteiger partial charge in [-0.2, -0.15) is 18.2 Å². The number of halogens is 3. The van der Waals surface area contributed by atoms with Crippen molar-refractivity contribution < 1.29 is 22.7 Å². The zero-order valence-electron chi connectivity index (χ0n) is 22.9. The van der Waals surface area contributed by atoms with Crippen molar-refractivity contribution in [1.82, 2.24) is 14.9 Å². The highest BCUT2D eigenvalue weighted by atomic mass is 19.4. The first-order valence-electron chi connectivity index (χ1n) is 13.4. The summed E-state index contributed by atoms with van der Waals surface area (Å²) in [6.07, 6.45) is -2.37. The number of aryl methyl sites for hydroxylation is 2. The minimum absolute atomic E-state index is 0.0482. The standard InChI is InChI=1S/C29H36F3N5O2/c1-5-36(6-2)14-10-15-38-26-20(3)17-23(18-21(26)4)34-28-33-19-24(29(30,31)32)27(35-28)37-25(13-16-39-37)22-11-8-7-9-12-22/h7-9,11-12,17-19,25H,5-6,10,13-16H2,1-4H3,(H,33,34,35). The predicted molar refractivity (Wildman–Crippen MR) is 146 cm³/mol. The van der Waals surface area contributed by atoms with E-state index in [0.717, 1.165) is 54.7 Å². The number of alkyl halides is 3. The average molecular weight is 544 g/mol. The number of anilines is 3. The summed E-state index contributed by atoms with van der Waals surface area (Å²) in [6.45, 7) is 12.1. The Balaban J connectivity index is 1.54. The fourth-order valence-corrected chi connectivity index (χ4v) is 4.84. The van der Waals surface area contributed by atoms with E-state index >= 15 is 0 Å². The molecule has 7 nitrogen and oxygen atoms in total. The second kappa shape index (κ2) is 12.7. The zero-order chi connectivity index (χ0) is 28.0. The molecule has 0 bridgehead atoms. The van der Waals surface area contributed by atoms with Gasteiger partial charge in [0.2, 0.25) is 5.95 Å². The number of nitrogens with zero attached hydrogens (tertiary/aromatic N) is 4. The van der Waals surface area contributed by atoms with Gasteiger partial charge in [0, 0.05) is 24.8 Å². The lowest BCUT2D eigenvalue weighted by Gasteiger charge is -2.26. The second-order valence-electron chi connectivity index (χ2n) is 9.60. The number of nitrogens with one attached hydrogen (secondary N) is 1. The lowest BCUT2D eigenvalue weighted by atomic mass is 10.0. The van der Waals surface area contributed by atoms with Crippen molar-refractivity contribution in [3.8, 4) is 5.75 Å². The van der Waals surface area contributed by atoms with Crippen molar-refractivity contribution in [2.75, 3.05) is 43.2 Å². The highest BCUT2D eigenvalue weighted by Gasteiger charge is 2.40. The first-order valence-corrected chi connectivity index (χ1v) is 13.4. The Morgan fingerprint density at radius 3 is 2.44 bits per heavy atom. The van der Waals surface area contributed by atoms with E-state index < -0.39 is 17.8 Å². The Hall–Kier alpha value is -3.37. The van der Waals surface area contributed by atoms with Crippen LogP contribution in [0.15, 0.2) is 48.7 Å². The molecule has 210 valence electrons. The molecule has 1 unspecified atom stereocenters. The SMILES string of the molecule is CCN(CC)CCCOc1c(C)cc(Nc2ncc(C(F)(F)F)c(N3OCCC3c3ccccc3)n2)cc1C. The first-order chi connectivity index (χ1) is 18.7. The summed E-state index contributed by atoms with van der Waals surface area (Å²) in [7, 11) is 0. The molecule has 39 heavy (non-hydrogen) atoms. The molecule has 0 spiro atoms. The van der Waals surface area contributed by atoms with Crippen LogP contribution in [-0.4, -0.2) is 47.7 Å². The number of hydrogen-bond donors (Lipinski definition) is 1. The molecule has 1 aliphatic heterocycles. The monoisotopic (exact) mass is 543 g/mol. The van der Waals surface area contributed by atoms with Gasteiger partial charge in [0.1, 0.15) is 11.3 Å². The van der Waals surface area contributed by atoms with Crippen LogP contribution in [0.5, 0.6) is 5.75 Å². The van der Waals surface area contributed by atoms with Gasteiger partial charge in [-0.15, -0.1) is 0 Å². The van der Waals surface area contributed by atoms with E-state index in [2.05, 4.69) is 34.0 Å². The molecule has 1 saturated heterocycles. The zero-order valence-corrected chi connectivity index (χ0v) is 22.9. The number of aromatic nitrogens is 2. The minimum atomic E-state index is -4.64. The van der Waals surface area contributed by atoms with Gasteiger partial charge in [0.05, 0.1) is 19.3 Å². The topological polar surface area (TPSA) is 62.8 Å². The van der Waals surface area contributed by atoms with E-state index in [4.69, 9.17) is 9.57 Å². The van der Waals surface area contributed by atoms with Gasteiger partial charge in [0.15, 0.2) is 5.82 Å². The molecule has 1 aliphatic rings. The normalized spacial score (nSPS) is 15.7. The van der Waals surface area contributed by atoms with Crippen LogP contribution in [0.1, 0.15) is 55.0 Å². The molecule has 4 rings (SSSR count). The second-order valence-corrected chi connectivity index (χ2v) is 9.60. The summed E-state index contributed by atoms with van der Waals surface area (Å²) in [4.78, 5) is 16.3. The number of hydrogen-bond acceptors (Lipinski definition) is 7. The number of hydroxylamine groups is 1. The van der Waals surface area contributed by atoms with Gasteiger partial charge >= 0.3 is 6.18 Å². The molecule has 0 aliphatic carbocycles. The van der Waals surface area contributed by atoms with Crippen LogP contribution >= 0.6 is 0 Å². The van der Waals surface area contributed by atoms with Crippen molar-refractivity contribution in [1.29, 1.82) is 0 Å². The van der Waals surface area contributed by atoms with Crippen LogP contribution in [0.2, 0.25) is 0 Å². The smallest absolute Gasteiger partial charge is 0.421 e. The number of ether oxygens (including phenoxy) is 1. The van der Waals surface area contributed by atoms with Gasteiger partial charge in [-0.05, 0) is 62.2 Å². The van der Waals surface area contributed by atoms with Gasteiger partial charge in [0.25, 0.3) is 0 Å². The highest BCUT2D eigenvalue weighted by molar-refractivity contribution is 5.62. The lowest BCUT2D eigenvalue weighted by Crippen LogP contribution is -2.26. The van der Waals surface area contributed by atoms with E-state index in [1.807, 2.05) is 56.3 Å². The Morgan fingerprint density at radius 2 is 1.79 bits per heavy atom. The third kappa shape index (κ3) is 6.99. The summed E-state index contributed by atoms with van der Waals surface area (Å²) in [6, 6.07) is 12.7. The molecule has 2 aromatic carbocycles. The predicted octanol–water partition coefficient (Wildman–Crippen LogP) is 6.85. The third-order valence-corrected chi connectivity index (χ3v) is 6.85. The molecule has 3 aromatic rings. The summed E-state index contributed by atoms with van der Waals surface area (Å²) in [5.74, 6) is 0.547. The van der Waals surface area contributed by atoms with E-state index in [0.29, 0.717) is 25.3 Å². The summed E-state index contributed by atoms with van der Waals surface area (Å²) < 4.78 is 47.9. The van der Waals surface area contributed by atoms with Crippen molar-refractivity contribution >= 4 is 17.5 Å². The fourth-order valence-electron chi connectivity index (χ4n) is 4.84. The van der Waals surface area contributed by atoms with Crippen LogP contribution in [0.4, 0.5) is 30.6 Å². The molecular formula is C29H36F3N5O2. The fraction of sp³-hybridized carbons (Fsp3) is 0.448. The molecule has 0 saturated carbocycles. The van der Waals surface area contributed by atoms with Gasteiger partial charge in [-0.1, -0.05) is 44.2 Å². The molecule has 10 heteroatoms. The molecule has 1 atom stereocenters. The number of benzene rings is 2. The minimum Gasteiger partial charge on any atom is -0.493 e. The quantitative estimate of drug-likeness (QED) is 0.265. The van der Waals surface area contributed by atoms with Crippen LogP contribution in [-0.2, 0) is 11.0 Å². The maximum atomic E-state index is 14.0. The molecule has 1 aromatic heterocycles. The molecule has 1 N–H and O–H groups in total. The third-order valence-electron chi connectivity index (χ3n) is 6.85. The molecule has 0 amide bonds. The van der Waals surface area contributed by atoms with Crippen molar-refractivity contribution in [2.24, 2.45) is 0 Å². The Morgan fingerprint density at radius 1 is 1.10 bits per heavy atom. The molecule has 1 fully saturated rings. The van der Waals surface area contributed by atoms with E-state index in [-0.39, 0.29) is 11.8 Å². The maximum Gasteiger partial charge on any atom is 0.421 e. The lowest BCUT2D eigenvalue weighted by molar-refractivity contribution is -0.138. The van der Waals surface area contributed by atoms with Crippen LogP contribution in [0, 0.1) is 13.8 Å². The molecular weight excluding hydrogens is 507 g/mol. The van der Waals surface area contributed by atoms with Gasteiger partial charge in [-0.25, -0.2) is 10.0 Å². The van der Waals surface area contributed by atoms with Crippen LogP contribution < -0.4 is 15.1 Å². The summed E-state index contributed by atoms with van der Waals surface area (Å²) in [5.41, 5.74) is 2.40. The Kier molecular flexibility index (Phi) is 9.29. The largest absolute Gasteiger partial charge is 0.493 e. The van der Waals surface area contributed by atoms with Crippen LogP contribution in [0.25, 0.3) is 0 Å². The Labute approximate surface area is 227 Å². The summed E-state index contributed by atoms with van der Waals surface area (Å²) in [5, 5.41) is 4.33. The maximum absolute atomic E-state index is 14.0. The van der Waals surface area contributed by atoms with Crippen LogP contribution in [0.3, 0.4) is 0 Å². The van der Waals surface area contributed by atoms with Crippen molar-refractivity contribution in [2.45, 2.75) is 52.8 Å². The Bertz CT molecular complexity index is 1210. The highest BCUT2D eigenvalue weighted by Crippen LogP contribution is 2.41. The molecule has 2 heterocycles. The van der Waals surface area contributed by atoms with E-state index in [1.54, 1.807) is 0 Å². The average Bonchev–Trinajstić information content (AvgIpc) is 3.40. The summed E-state index contributed by atoms with van der Waals surface area (Å²) >= 11 is 0. The van der Waals surface area contributed by atoms with Gasteiger partial charge < -0.3 is 15.0 Å². The number of rotatable bonds is 11. The molecule has 0 radical (unpaired) electrons. The van der Waals surface area contributed by atoms with Gasteiger partial charge in [-0.3, -0.25) is 4.84 Å². The van der Waals surface area contributed by atoms with Crippen molar-refractivity contribution in [3.63, 3.8) is 0 Å².